The predicted molar refractivity (Wildman–Crippen MR) is 69.3 cm³/mol. The van der Waals surface area contributed by atoms with Gasteiger partial charge >= 0.3 is 5.97 Å². The van der Waals surface area contributed by atoms with E-state index in [4.69, 9.17) is 5.11 Å². The van der Waals surface area contributed by atoms with Crippen LogP contribution >= 0.6 is 0 Å². The lowest BCUT2D eigenvalue weighted by Crippen LogP contribution is -2.25. The van der Waals surface area contributed by atoms with Gasteiger partial charge in [0, 0.05) is 24.9 Å². The fraction of sp³-hybridized carbons (Fsp3) is 0.417. The number of carboxylic acids is 1. The molecule has 2 rings (SSSR count). The number of rotatable bonds is 6. The van der Waals surface area contributed by atoms with Gasteiger partial charge in [0.2, 0.25) is 5.82 Å². The molecule has 2 aromatic heterocycles. The number of amides is 1. The molecule has 0 fully saturated rings. The maximum Gasteiger partial charge on any atom is 0.303 e. The number of unbranched alkanes of at least 4 members (excludes halogenated alkanes) is 1. The number of aliphatic carboxylic acids is 1. The van der Waals surface area contributed by atoms with Gasteiger partial charge in [-0.05, 0) is 25.8 Å². The third-order valence-electron chi connectivity index (χ3n) is 2.74. The average molecular weight is 277 g/mol. The minimum atomic E-state index is -0.833. The fourth-order valence-electron chi connectivity index (χ4n) is 1.68. The molecule has 8 nitrogen and oxygen atoms in total. The van der Waals surface area contributed by atoms with Crippen molar-refractivity contribution in [1.82, 2.24) is 24.9 Å². The van der Waals surface area contributed by atoms with Crippen LogP contribution in [-0.2, 0) is 4.79 Å². The van der Waals surface area contributed by atoms with Crippen molar-refractivity contribution >= 4 is 17.7 Å². The van der Waals surface area contributed by atoms with E-state index in [1.807, 2.05) is 6.92 Å². The van der Waals surface area contributed by atoms with Crippen molar-refractivity contribution in [3.63, 3.8) is 0 Å². The van der Waals surface area contributed by atoms with Crippen molar-refractivity contribution < 1.29 is 14.7 Å². The van der Waals surface area contributed by atoms with Crippen molar-refractivity contribution in [3.05, 3.63) is 23.8 Å². The number of aromatic nitrogens is 4. The third kappa shape index (κ3) is 3.28. The Bertz CT molecular complexity index is 637. The molecule has 0 atom stereocenters. The molecule has 0 saturated heterocycles. The van der Waals surface area contributed by atoms with E-state index < -0.39 is 5.97 Å². The minimum absolute atomic E-state index is 0.0602. The van der Waals surface area contributed by atoms with E-state index in [0.29, 0.717) is 25.2 Å². The van der Waals surface area contributed by atoms with Crippen molar-refractivity contribution in [1.29, 1.82) is 0 Å². The van der Waals surface area contributed by atoms with Crippen molar-refractivity contribution in [2.45, 2.75) is 26.2 Å². The number of carbonyl (C=O) groups excluding carboxylic acids is 1. The highest BCUT2D eigenvalue weighted by atomic mass is 16.4. The van der Waals surface area contributed by atoms with Gasteiger partial charge in [0.15, 0.2) is 0 Å². The Labute approximate surface area is 114 Å². The Morgan fingerprint density at radius 2 is 2.20 bits per heavy atom. The highest BCUT2D eigenvalue weighted by Crippen LogP contribution is 2.02. The Morgan fingerprint density at radius 3 is 2.90 bits per heavy atom. The average Bonchev–Trinajstić information content (AvgIpc) is 2.83. The molecule has 0 saturated carbocycles. The summed E-state index contributed by atoms with van der Waals surface area (Å²) in [5, 5.41) is 15.2. The zero-order chi connectivity index (χ0) is 14.5. The molecule has 0 radical (unpaired) electrons. The minimum Gasteiger partial charge on any atom is -0.481 e. The molecule has 106 valence electrons. The van der Waals surface area contributed by atoms with E-state index in [1.165, 1.54) is 4.52 Å². The van der Waals surface area contributed by atoms with Crippen LogP contribution in [0.3, 0.4) is 0 Å². The van der Waals surface area contributed by atoms with E-state index >= 15 is 0 Å². The van der Waals surface area contributed by atoms with E-state index in [0.717, 1.165) is 5.69 Å². The SMILES string of the molecule is Cc1ccnc2nc(C(=O)NCCCCC(=O)O)nn12. The van der Waals surface area contributed by atoms with Gasteiger partial charge in [-0.3, -0.25) is 9.59 Å². The third-order valence-corrected chi connectivity index (χ3v) is 2.74. The van der Waals surface area contributed by atoms with Gasteiger partial charge in [0.1, 0.15) is 0 Å². The first-order chi connectivity index (χ1) is 9.58. The second-order valence-electron chi connectivity index (χ2n) is 4.34. The highest BCUT2D eigenvalue weighted by Gasteiger charge is 2.13. The highest BCUT2D eigenvalue weighted by molar-refractivity contribution is 5.90. The number of hydrogen-bond acceptors (Lipinski definition) is 5. The molecule has 0 unspecified atom stereocenters. The van der Waals surface area contributed by atoms with Gasteiger partial charge in [0.05, 0.1) is 0 Å². The maximum atomic E-state index is 11.8. The zero-order valence-corrected chi connectivity index (χ0v) is 11.0. The van der Waals surface area contributed by atoms with E-state index in [2.05, 4.69) is 20.4 Å². The lowest BCUT2D eigenvalue weighted by atomic mass is 10.2. The number of hydrogen-bond donors (Lipinski definition) is 2. The van der Waals surface area contributed by atoms with Crippen LogP contribution in [0.15, 0.2) is 12.3 Å². The molecule has 20 heavy (non-hydrogen) atoms. The van der Waals surface area contributed by atoms with Gasteiger partial charge in [-0.25, -0.2) is 9.50 Å². The number of nitrogens with zero attached hydrogens (tertiary/aromatic N) is 4. The van der Waals surface area contributed by atoms with Gasteiger partial charge < -0.3 is 10.4 Å². The molecular formula is C12H15N5O3. The molecular weight excluding hydrogens is 262 g/mol. The number of carbonyl (C=O) groups is 2. The molecule has 2 heterocycles. The summed E-state index contributed by atoms with van der Waals surface area (Å²) >= 11 is 0. The summed E-state index contributed by atoms with van der Waals surface area (Å²) in [6, 6.07) is 1.77. The van der Waals surface area contributed by atoms with Crippen LogP contribution < -0.4 is 5.32 Å². The maximum absolute atomic E-state index is 11.8. The molecule has 0 spiro atoms. The van der Waals surface area contributed by atoms with Gasteiger partial charge in [0.25, 0.3) is 11.7 Å². The number of fused-ring (bicyclic) bond motifs is 1. The van der Waals surface area contributed by atoms with Gasteiger partial charge in [-0.15, -0.1) is 5.10 Å². The fourth-order valence-corrected chi connectivity index (χ4v) is 1.68. The molecule has 1 amide bonds. The second-order valence-corrected chi connectivity index (χ2v) is 4.34. The summed E-state index contributed by atoms with van der Waals surface area (Å²) in [6.07, 6.45) is 2.83. The van der Waals surface area contributed by atoms with Gasteiger partial charge in [-0.2, -0.15) is 4.98 Å². The molecule has 8 heteroatoms. The summed E-state index contributed by atoms with van der Waals surface area (Å²) in [4.78, 5) is 30.2. The molecule has 0 aliphatic carbocycles. The predicted octanol–water partition coefficient (Wildman–Crippen LogP) is 0.417. The lowest BCUT2D eigenvalue weighted by Gasteiger charge is -2.00. The Kier molecular flexibility index (Phi) is 4.24. The topological polar surface area (TPSA) is 109 Å². The molecule has 0 bridgehead atoms. The van der Waals surface area contributed by atoms with E-state index in [-0.39, 0.29) is 18.2 Å². The van der Waals surface area contributed by atoms with Crippen molar-refractivity contribution in [2.24, 2.45) is 0 Å². The Morgan fingerprint density at radius 1 is 1.40 bits per heavy atom. The number of carboxylic acid groups (broad SMARTS) is 1. The molecule has 0 aliphatic rings. The van der Waals surface area contributed by atoms with Gasteiger partial charge in [-0.1, -0.05) is 0 Å². The van der Waals surface area contributed by atoms with Crippen LogP contribution in [0.5, 0.6) is 0 Å². The molecule has 0 aliphatic heterocycles. The first-order valence-corrected chi connectivity index (χ1v) is 6.26. The normalized spacial score (nSPS) is 10.7. The summed E-state index contributed by atoms with van der Waals surface area (Å²) in [7, 11) is 0. The van der Waals surface area contributed by atoms with Crippen LogP contribution in [0.1, 0.15) is 35.6 Å². The molecule has 2 N–H and O–H groups in total. The first-order valence-electron chi connectivity index (χ1n) is 6.26. The molecule has 2 aromatic rings. The van der Waals surface area contributed by atoms with Crippen molar-refractivity contribution in [2.75, 3.05) is 6.54 Å². The van der Waals surface area contributed by atoms with Crippen LogP contribution in [0.25, 0.3) is 5.78 Å². The smallest absolute Gasteiger partial charge is 0.303 e. The summed E-state index contributed by atoms with van der Waals surface area (Å²) in [5.74, 6) is -0.781. The van der Waals surface area contributed by atoms with Crippen LogP contribution in [0.2, 0.25) is 0 Å². The second kappa shape index (κ2) is 6.09. The Balaban J connectivity index is 1.91. The lowest BCUT2D eigenvalue weighted by molar-refractivity contribution is -0.137. The monoisotopic (exact) mass is 277 g/mol. The van der Waals surface area contributed by atoms with E-state index in [9.17, 15) is 9.59 Å². The first kappa shape index (κ1) is 13.9. The van der Waals surface area contributed by atoms with E-state index in [1.54, 1.807) is 12.3 Å². The summed E-state index contributed by atoms with van der Waals surface area (Å²) < 4.78 is 1.50. The van der Waals surface area contributed by atoms with Crippen LogP contribution in [0, 0.1) is 6.92 Å². The Hall–Kier alpha value is -2.51. The quantitative estimate of drug-likeness (QED) is 0.740. The van der Waals surface area contributed by atoms with Crippen LogP contribution in [-0.4, -0.2) is 43.1 Å². The standard InChI is InChI=1S/C12H15N5O3/c1-8-5-7-14-12-15-10(16-17(8)12)11(20)13-6-3-2-4-9(18)19/h5,7H,2-4,6H2,1H3,(H,13,20)(H,18,19). The van der Waals surface area contributed by atoms with Crippen LogP contribution in [0.4, 0.5) is 0 Å². The van der Waals surface area contributed by atoms with Crippen molar-refractivity contribution in [3.8, 4) is 0 Å². The largest absolute Gasteiger partial charge is 0.481 e. The number of aryl methyl sites for hydroxylation is 1. The summed E-state index contributed by atoms with van der Waals surface area (Å²) in [5.41, 5.74) is 0.836. The molecule has 0 aromatic carbocycles. The zero-order valence-electron chi connectivity index (χ0n) is 11.0. The number of nitrogens with one attached hydrogen (secondary N) is 1. The summed E-state index contributed by atoms with van der Waals surface area (Å²) in [6.45, 7) is 2.24.